The summed E-state index contributed by atoms with van der Waals surface area (Å²) in [4.78, 5) is 102. The van der Waals surface area contributed by atoms with E-state index in [1.54, 1.807) is 44.2 Å². The molecule has 324 valence electrons. The van der Waals surface area contributed by atoms with Gasteiger partial charge in [-0.05, 0) is 35.8 Å². The van der Waals surface area contributed by atoms with Crippen LogP contribution in [0.15, 0.2) is 60.7 Å². The van der Waals surface area contributed by atoms with Gasteiger partial charge in [0.25, 0.3) is 0 Å². The minimum Gasteiger partial charge on any atom is -0.481 e. The standard InChI is InChI=1S/C40H58N8O11/c1-23(2)17-29(37(55)45-28(35(42)53)15-16-59-22-26-13-9-6-10-14-26)44-32(50)20-43-40(58)34(24(3)4)48-38(56)30(18-25-11-7-5-8-12-25)46-39(57)31(21-49)47-36(54)27(41)19-33(51)52/h5-14,23-24,27-31,34,49H,15-22,41H2,1-4H3,(H2,42,53)(H,43,58)(H,44,50)(H,45,55)(H,46,57)(H,47,54)(H,48,56)(H,51,52)/t27-,28-,29-,30-,31-,34-/m0/s1. The number of benzene rings is 2. The molecule has 2 rings (SSSR count). The molecule has 0 aromatic heterocycles. The first kappa shape index (κ1) is 49.2. The average molecular weight is 827 g/mol. The van der Waals surface area contributed by atoms with E-state index < -0.39 is 109 Å². The second-order valence-electron chi connectivity index (χ2n) is 14.7. The number of ether oxygens (including phenoxy) is 1. The van der Waals surface area contributed by atoms with Gasteiger partial charge in [-0.1, -0.05) is 88.4 Å². The fourth-order valence-electron chi connectivity index (χ4n) is 5.62. The summed E-state index contributed by atoms with van der Waals surface area (Å²) in [7, 11) is 0. The fourth-order valence-corrected chi connectivity index (χ4v) is 5.62. The lowest BCUT2D eigenvalue weighted by molar-refractivity contribution is -0.140. The number of hydrogen-bond acceptors (Lipinski definition) is 11. The molecule has 0 unspecified atom stereocenters. The summed E-state index contributed by atoms with van der Waals surface area (Å²) < 4.78 is 5.63. The molecule has 0 radical (unpaired) electrons. The highest BCUT2D eigenvalue weighted by molar-refractivity contribution is 5.97. The largest absolute Gasteiger partial charge is 0.481 e. The van der Waals surface area contributed by atoms with Gasteiger partial charge >= 0.3 is 5.97 Å². The molecule has 0 aliphatic heterocycles. The summed E-state index contributed by atoms with van der Waals surface area (Å²) >= 11 is 0. The number of aliphatic hydroxyl groups is 1. The molecule has 6 atom stereocenters. The Kier molecular flexibility index (Phi) is 21.2. The molecule has 0 bridgehead atoms. The molecule has 19 nitrogen and oxygen atoms in total. The van der Waals surface area contributed by atoms with Crippen LogP contribution in [0, 0.1) is 11.8 Å². The van der Waals surface area contributed by atoms with E-state index in [4.69, 9.17) is 21.3 Å². The van der Waals surface area contributed by atoms with Crippen LogP contribution in [-0.2, 0) is 56.1 Å². The Morgan fingerprint density at radius 1 is 0.678 bits per heavy atom. The molecule has 2 aromatic carbocycles. The van der Waals surface area contributed by atoms with E-state index in [2.05, 4.69) is 31.9 Å². The summed E-state index contributed by atoms with van der Waals surface area (Å²) in [5, 5.41) is 33.6. The topological polar surface area (TPSA) is 310 Å². The number of primary amides is 1. The number of aliphatic carboxylic acids is 1. The lowest BCUT2D eigenvalue weighted by Gasteiger charge is -2.27. The van der Waals surface area contributed by atoms with E-state index >= 15 is 0 Å². The zero-order valence-electron chi connectivity index (χ0n) is 33.8. The van der Waals surface area contributed by atoms with Crippen molar-refractivity contribution in [1.82, 2.24) is 31.9 Å². The Labute approximate surface area is 343 Å². The molecule has 59 heavy (non-hydrogen) atoms. The molecule has 7 amide bonds. The number of carbonyl (C=O) groups is 8. The lowest BCUT2D eigenvalue weighted by atomic mass is 10.0. The number of rotatable bonds is 26. The predicted molar refractivity (Wildman–Crippen MR) is 214 cm³/mol. The van der Waals surface area contributed by atoms with Crippen LogP contribution in [0.25, 0.3) is 0 Å². The van der Waals surface area contributed by atoms with Crippen molar-refractivity contribution in [2.24, 2.45) is 23.3 Å². The van der Waals surface area contributed by atoms with E-state index in [9.17, 15) is 43.5 Å². The van der Waals surface area contributed by atoms with Crippen molar-refractivity contribution in [2.45, 2.75) is 96.2 Å². The van der Waals surface area contributed by atoms with Gasteiger partial charge in [0, 0.05) is 13.0 Å². The Morgan fingerprint density at radius 2 is 1.22 bits per heavy atom. The van der Waals surface area contributed by atoms with Crippen LogP contribution < -0.4 is 43.4 Å². The molecule has 0 heterocycles. The Morgan fingerprint density at radius 3 is 1.76 bits per heavy atom. The van der Waals surface area contributed by atoms with E-state index in [-0.39, 0.29) is 31.8 Å². The third kappa shape index (κ3) is 18.5. The molecular formula is C40H58N8O11. The Hall–Kier alpha value is -5.92. The van der Waals surface area contributed by atoms with Crippen LogP contribution in [0.4, 0.5) is 0 Å². The molecule has 0 saturated carbocycles. The van der Waals surface area contributed by atoms with Crippen molar-refractivity contribution in [1.29, 1.82) is 0 Å². The molecular weight excluding hydrogens is 768 g/mol. The second kappa shape index (κ2) is 25.4. The van der Waals surface area contributed by atoms with Gasteiger partial charge < -0.3 is 58.3 Å². The first-order valence-electron chi connectivity index (χ1n) is 19.2. The maximum Gasteiger partial charge on any atom is 0.305 e. The highest BCUT2D eigenvalue weighted by Crippen LogP contribution is 2.09. The monoisotopic (exact) mass is 826 g/mol. The molecule has 0 aliphatic rings. The van der Waals surface area contributed by atoms with Crippen molar-refractivity contribution in [3.63, 3.8) is 0 Å². The third-order valence-electron chi connectivity index (χ3n) is 8.81. The van der Waals surface area contributed by atoms with Gasteiger partial charge in [0.15, 0.2) is 0 Å². The van der Waals surface area contributed by atoms with Crippen molar-refractivity contribution >= 4 is 47.3 Å². The summed E-state index contributed by atoms with van der Waals surface area (Å²) in [6.45, 7) is 5.86. The van der Waals surface area contributed by atoms with Crippen molar-refractivity contribution in [3.8, 4) is 0 Å². The quantitative estimate of drug-likeness (QED) is 0.0478. The van der Waals surface area contributed by atoms with E-state index in [0.717, 1.165) is 5.56 Å². The number of nitrogens with two attached hydrogens (primary N) is 2. The zero-order chi connectivity index (χ0) is 44.1. The average Bonchev–Trinajstić information content (AvgIpc) is 3.18. The minimum atomic E-state index is -1.60. The van der Waals surface area contributed by atoms with Gasteiger partial charge in [-0.25, -0.2) is 0 Å². The highest BCUT2D eigenvalue weighted by atomic mass is 16.5. The van der Waals surface area contributed by atoms with Gasteiger partial charge in [-0.3, -0.25) is 38.4 Å². The van der Waals surface area contributed by atoms with Gasteiger partial charge in [-0.15, -0.1) is 0 Å². The first-order chi connectivity index (χ1) is 27.9. The summed E-state index contributed by atoms with van der Waals surface area (Å²) in [5.41, 5.74) is 12.7. The number of amides is 7. The van der Waals surface area contributed by atoms with Crippen molar-refractivity contribution < 1.29 is 53.3 Å². The lowest BCUT2D eigenvalue weighted by Crippen LogP contribution is -2.60. The molecule has 12 N–H and O–H groups in total. The van der Waals surface area contributed by atoms with E-state index in [0.29, 0.717) is 12.2 Å². The number of carboxylic acids is 1. The summed E-state index contributed by atoms with van der Waals surface area (Å²) in [6.07, 6.45) is -0.528. The van der Waals surface area contributed by atoms with E-state index in [1.165, 1.54) is 0 Å². The maximum absolute atomic E-state index is 13.7. The van der Waals surface area contributed by atoms with Crippen LogP contribution in [0.5, 0.6) is 0 Å². The molecule has 0 fully saturated rings. The molecule has 19 heteroatoms. The van der Waals surface area contributed by atoms with Gasteiger partial charge in [-0.2, -0.15) is 0 Å². The third-order valence-corrected chi connectivity index (χ3v) is 8.81. The number of carbonyl (C=O) groups excluding carboxylic acids is 7. The molecule has 2 aromatic rings. The SMILES string of the molecule is CC(C)C[C@H](NC(=O)CNC(=O)[C@@H](NC(=O)[C@H](Cc1ccccc1)NC(=O)[C@H](CO)NC(=O)[C@@H](N)CC(=O)O)C(C)C)C(=O)N[C@@H](CCOCc1ccccc1)C(N)=O. The van der Waals surface area contributed by atoms with Crippen LogP contribution in [0.2, 0.25) is 0 Å². The van der Waals surface area contributed by atoms with Crippen LogP contribution in [0.1, 0.15) is 58.1 Å². The molecule has 0 aliphatic carbocycles. The van der Waals surface area contributed by atoms with Gasteiger partial charge in [0.05, 0.1) is 32.2 Å². The Balaban J connectivity index is 2.09. The smallest absolute Gasteiger partial charge is 0.305 e. The van der Waals surface area contributed by atoms with Crippen LogP contribution >= 0.6 is 0 Å². The number of aliphatic hydroxyl groups excluding tert-OH is 1. The normalized spacial score (nSPS) is 14.1. The Bertz CT molecular complexity index is 1710. The first-order valence-corrected chi connectivity index (χ1v) is 19.2. The van der Waals surface area contributed by atoms with Crippen molar-refractivity contribution in [3.05, 3.63) is 71.8 Å². The molecule has 0 spiro atoms. The minimum absolute atomic E-state index is 0.0647. The number of nitrogens with one attached hydrogen (secondary N) is 6. The van der Waals surface area contributed by atoms with E-state index in [1.807, 2.05) is 44.2 Å². The van der Waals surface area contributed by atoms with Crippen LogP contribution in [-0.4, -0.2) is 114 Å². The van der Waals surface area contributed by atoms with Gasteiger partial charge in [0.2, 0.25) is 41.4 Å². The molecule has 0 saturated heterocycles. The van der Waals surface area contributed by atoms with Crippen molar-refractivity contribution in [2.75, 3.05) is 19.8 Å². The highest BCUT2D eigenvalue weighted by Gasteiger charge is 2.32. The maximum atomic E-state index is 13.7. The number of hydrogen-bond donors (Lipinski definition) is 10. The van der Waals surface area contributed by atoms with Gasteiger partial charge in [0.1, 0.15) is 30.2 Å². The predicted octanol–water partition coefficient (Wildman–Crippen LogP) is -1.64. The number of carboxylic acid groups (broad SMARTS) is 1. The van der Waals surface area contributed by atoms with Crippen LogP contribution in [0.3, 0.4) is 0 Å². The zero-order valence-corrected chi connectivity index (χ0v) is 33.8. The summed E-state index contributed by atoms with van der Waals surface area (Å²) in [6, 6.07) is 10.1. The summed E-state index contributed by atoms with van der Waals surface area (Å²) in [5.74, 6) is -7.69. The fraction of sp³-hybridized carbons (Fsp3) is 0.500. The second-order valence-corrected chi connectivity index (χ2v) is 14.7.